The standard InChI is InChI=1S/C22H40N8O/c1-4-23-21(27-18-20(19(2)3)29-14-16-31-17-15-29)24-8-9-28-10-12-30(13-11-28)22-25-6-5-7-26-22/h5-7,19-20H,4,8-18H2,1-3H3,(H2,23,24,27). The molecule has 3 heterocycles. The van der Waals surface area contributed by atoms with Crippen LogP contribution in [0.1, 0.15) is 20.8 Å². The van der Waals surface area contributed by atoms with Gasteiger partial charge in [0.2, 0.25) is 5.95 Å². The van der Waals surface area contributed by atoms with Gasteiger partial charge in [-0.2, -0.15) is 0 Å². The maximum Gasteiger partial charge on any atom is 0.225 e. The molecular formula is C22H40N8O. The summed E-state index contributed by atoms with van der Waals surface area (Å²) in [6.45, 7) is 17.9. The Kier molecular flexibility index (Phi) is 9.77. The molecule has 0 aliphatic carbocycles. The molecule has 1 aromatic heterocycles. The predicted octanol–water partition coefficient (Wildman–Crippen LogP) is 0.511. The Morgan fingerprint density at radius 1 is 1.06 bits per heavy atom. The SMILES string of the molecule is CCNC(=NCC(C(C)C)N1CCOCC1)NCCN1CCN(c2ncccn2)CC1. The molecule has 1 atom stereocenters. The molecule has 0 radical (unpaired) electrons. The van der Waals surface area contributed by atoms with Crippen LogP contribution in [0.5, 0.6) is 0 Å². The lowest BCUT2D eigenvalue weighted by Crippen LogP contribution is -2.50. The molecule has 0 aromatic carbocycles. The first-order valence-corrected chi connectivity index (χ1v) is 11.8. The van der Waals surface area contributed by atoms with Crippen molar-refractivity contribution in [2.45, 2.75) is 26.8 Å². The minimum atomic E-state index is 0.452. The van der Waals surface area contributed by atoms with Gasteiger partial charge in [0.1, 0.15) is 0 Å². The average molecular weight is 433 g/mol. The van der Waals surface area contributed by atoms with E-state index >= 15 is 0 Å². The third kappa shape index (κ3) is 7.59. The number of anilines is 1. The van der Waals surface area contributed by atoms with E-state index in [1.165, 1.54) is 0 Å². The Labute approximate surface area is 187 Å². The zero-order valence-electron chi connectivity index (χ0n) is 19.5. The maximum absolute atomic E-state index is 5.52. The van der Waals surface area contributed by atoms with E-state index in [2.05, 4.69) is 56.1 Å². The third-order valence-corrected chi connectivity index (χ3v) is 5.99. The zero-order chi connectivity index (χ0) is 21.9. The monoisotopic (exact) mass is 432 g/mol. The summed E-state index contributed by atoms with van der Waals surface area (Å²) in [5, 5.41) is 6.92. The maximum atomic E-state index is 5.52. The first-order valence-electron chi connectivity index (χ1n) is 11.8. The van der Waals surface area contributed by atoms with E-state index in [-0.39, 0.29) is 0 Å². The average Bonchev–Trinajstić information content (AvgIpc) is 2.81. The highest BCUT2D eigenvalue weighted by Gasteiger charge is 2.23. The van der Waals surface area contributed by atoms with Crippen LogP contribution in [-0.2, 0) is 4.74 Å². The van der Waals surface area contributed by atoms with Crippen LogP contribution in [0, 0.1) is 5.92 Å². The second kappa shape index (κ2) is 12.8. The smallest absolute Gasteiger partial charge is 0.225 e. The van der Waals surface area contributed by atoms with Crippen molar-refractivity contribution in [3.05, 3.63) is 18.5 Å². The number of hydrogen-bond acceptors (Lipinski definition) is 7. The molecule has 2 N–H and O–H groups in total. The summed E-state index contributed by atoms with van der Waals surface area (Å²) >= 11 is 0. The van der Waals surface area contributed by atoms with Crippen molar-refractivity contribution in [1.82, 2.24) is 30.4 Å². The van der Waals surface area contributed by atoms with Gasteiger partial charge in [-0.15, -0.1) is 0 Å². The van der Waals surface area contributed by atoms with Gasteiger partial charge in [0, 0.05) is 77.3 Å². The number of aromatic nitrogens is 2. The number of aliphatic imine (C=N–C) groups is 1. The van der Waals surface area contributed by atoms with Gasteiger partial charge in [-0.3, -0.25) is 14.8 Å². The summed E-state index contributed by atoms with van der Waals surface area (Å²) in [6.07, 6.45) is 3.62. The molecule has 9 nitrogen and oxygen atoms in total. The van der Waals surface area contributed by atoms with Crippen LogP contribution in [0.4, 0.5) is 5.95 Å². The van der Waals surface area contributed by atoms with E-state index in [1.807, 2.05) is 18.5 Å². The fourth-order valence-electron chi connectivity index (χ4n) is 4.14. The molecule has 1 aromatic rings. The topological polar surface area (TPSA) is 81.2 Å². The lowest BCUT2D eigenvalue weighted by atomic mass is 10.0. The van der Waals surface area contributed by atoms with Crippen molar-refractivity contribution in [1.29, 1.82) is 0 Å². The van der Waals surface area contributed by atoms with Gasteiger partial charge in [0.25, 0.3) is 0 Å². The first kappa shape index (κ1) is 23.7. The third-order valence-electron chi connectivity index (χ3n) is 5.99. The number of nitrogens with zero attached hydrogens (tertiary/aromatic N) is 6. The molecule has 9 heteroatoms. The van der Waals surface area contributed by atoms with Gasteiger partial charge in [-0.05, 0) is 18.9 Å². The molecule has 3 rings (SSSR count). The van der Waals surface area contributed by atoms with Gasteiger partial charge >= 0.3 is 0 Å². The summed E-state index contributed by atoms with van der Waals surface area (Å²) in [7, 11) is 0. The normalized spacial score (nSPS) is 20.1. The number of ether oxygens (including phenoxy) is 1. The van der Waals surface area contributed by atoms with E-state index in [4.69, 9.17) is 9.73 Å². The van der Waals surface area contributed by atoms with Gasteiger partial charge in [0.15, 0.2) is 5.96 Å². The van der Waals surface area contributed by atoms with E-state index in [0.29, 0.717) is 12.0 Å². The van der Waals surface area contributed by atoms with Gasteiger partial charge in [-0.1, -0.05) is 13.8 Å². The minimum Gasteiger partial charge on any atom is -0.379 e. The number of nitrogens with one attached hydrogen (secondary N) is 2. The molecule has 2 fully saturated rings. The minimum absolute atomic E-state index is 0.452. The number of guanidine groups is 1. The highest BCUT2D eigenvalue weighted by atomic mass is 16.5. The van der Waals surface area contributed by atoms with E-state index in [9.17, 15) is 0 Å². The van der Waals surface area contributed by atoms with E-state index in [1.54, 1.807) is 0 Å². The van der Waals surface area contributed by atoms with Crippen LogP contribution < -0.4 is 15.5 Å². The predicted molar refractivity (Wildman–Crippen MR) is 126 cm³/mol. The van der Waals surface area contributed by atoms with Crippen molar-refractivity contribution in [2.75, 3.05) is 83.6 Å². The molecule has 174 valence electrons. The van der Waals surface area contributed by atoms with E-state index < -0.39 is 0 Å². The van der Waals surface area contributed by atoms with Crippen molar-refractivity contribution < 1.29 is 4.74 Å². The lowest BCUT2D eigenvalue weighted by molar-refractivity contribution is 0.00867. The largest absolute Gasteiger partial charge is 0.379 e. The number of hydrogen-bond donors (Lipinski definition) is 2. The second-order valence-electron chi connectivity index (χ2n) is 8.48. The lowest BCUT2D eigenvalue weighted by Gasteiger charge is -2.36. The Morgan fingerprint density at radius 2 is 1.77 bits per heavy atom. The van der Waals surface area contributed by atoms with E-state index in [0.717, 1.165) is 90.6 Å². The Bertz CT molecular complexity index is 642. The van der Waals surface area contributed by atoms with Gasteiger partial charge < -0.3 is 20.3 Å². The number of rotatable bonds is 9. The molecule has 0 bridgehead atoms. The molecule has 2 aliphatic heterocycles. The van der Waals surface area contributed by atoms with Crippen LogP contribution >= 0.6 is 0 Å². The Morgan fingerprint density at radius 3 is 2.42 bits per heavy atom. The number of piperazine rings is 1. The van der Waals surface area contributed by atoms with Gasteiger partial charge in [0.05, 0.1) is 19.8 Å². The summed E-state index contributed by atoms with van der Waals surface area (Å²) in [4.78, 5) is 20.9. The fourth-order valence-corrected chi connectivity index (χ4v) is 4.14. The quantitative estimate of drug-likeness (QED) is 0.432. The van der Waals surface area contributed by atoms with Crippen molar-refractivity contribution in [3.8, 4) is 0 Å². The molecule has 2 saturated heterocycles. The highest BCUT2D eigenvalue weighted by Crippen LogP contribution is 2.13. The van der Waals surface area contributed by atoms with Crippen LogP contribution in [0.15, 0.2) is 23.5 Å². The Balaban J connectivity index is 1.42. The van der Waals surface area contributed by atoms with Crippen LogP contribution in [0.2, 0.25) is 0 Å². The summed E-state index contributed by atoms with van der Waals surface area (Å²) in [6, 6.07) is 2.31. The van der Waals surface area contributed by atoms with Crippen LogP contribution in [-0.4, -0.2) is 110 Å². The number of morpholine rings is 1. The summed E-state index contributed by atoms with van der Waals surface area (Å²) < 4.78 is 5.52. The Hall–Kier alpha value is -1.97. The van der Waals surface area contributed by atoms with Crippen molar-refractivity contribution in [2.24, 2.45) is 10.9 Å². The molecule has 0 amide bonds. The highest BCUT2D eigenvalue weighted by molar-refractivity contribution is 5.79. The second-order valence-corrected chi connectivity index (χ2v) is 8.48. The van der Waals surface area contributed by atoms with Crippen molar-refractivity contribution in [3.63, 3.8) is 0 Å². The van der Waals surface area contributed by atoms with Crippen LogP contribution in [0.25, 0.3) is 0 Å². The molecule has 31 heavy (non-hydrogen) atoms. The first-order chi connectivity index (χ1) is 15.2. The van der Waals surface area contributed by atoms with Gasteiger partial charge in [-0.25, -0.2) is 9.97 Å². The molecular weight excluding hydrogens is 392 g/mol. The zero-order valence-corrected chi connectivity index (χ0v) is 19.5. The summed E-state index contributed by atoms with van der Waals surface area (Å²) in [5.74, 6) is 2.31. The molecule has 2 aliphatic rings. The fraction of sp³-hybridized carbons (Fsp3) is 0.773. The van der Waals surface area contributed by atoms with Crippen molar-refractivity contribution >= 4 is 11.9 Å². The van der Waals surface area contributed by atoms with Crippen LogP contribution in [0.3, 0.4) is 0 Å². The summed E-state index contributed by atoms with van der Waals surface area (Å²) in [5.41, 5.74) is 0. The molecule has 0 saturated carbocycles. The molecule has 0 spiro atoms. The molecule has 1 unspecified atom stereocenters.